The molecule has 0 saturated carbocycles. The van der Waals surface area contributed by atoms with Crippen molar-refractivity contribution in [1.29, 1.82) is 0 Å². The Morgan fingerprint density at radius 3 is 2.62 bits per heavy atom. The van der Waals surface area contributed by atoms with Crippen LogP contribution < -0.4 is 15.4 Å². The van der Waals surface area contributed by atoms with Gasteiger partial charge in [-0.15, -0.1) is 0 Å². The molecule has 8 heteroatoms. The largest absolute Gasteiger partial charge is 0.489 e. The Kier molecular flexibility index (Phi) is 7.91. The van der Waals surface area contributed by atoms with Gasteiger partial charge in [-0.3, -0.25) is 10.1 Å². The SMILES string of the molecule is CC(C)c1ccc2oc(-c3cc(NC(=S)NC(=O)c4cccc(OCc5ccccc5)c4)ccc3Cl)nc2c1. The Bertz CT molecular complexity index is 1650. The first kappa shape index (κ1) is 26.4. The summed E-state index contributed by atoms with van der Waals surface area (Å²) >= 11 is 11.9. The van der Waals surface area contributed by atoms with Crippen LogP contribution in [0.1, 0.15) is 41.3 Å². The fraction of sp³-hybridized carbons (Fsp3) is 0.129. The zero-order valence-electron chi connectivity index (χ0n) is 21.4. The minimum absolute atomic E-state index is 0.142. The van der Waals surface area contributed by atoms with Gasteiger partial charge in [-0.2, -0.15) is 0 Å². The standard InChI is InChI=1S/C31H26ClN3O3S/c1-19(2)21-11-14-28-27(16-21)34-30(38-28)25-17-23(12-13-26(25)32)33-31(39)35-29(36)22-9-6-10-24(15-22)37-18-20-7-4-3-5-8-20/h3-17,19H,18H2,1-2H3,(H2,33,35,36,39). The summed E-state index contributed by atoms with van der Waals surface area (Å²) in [6.07, 6.45) is 0. The molecule has 0 aliphatic carbocycles. The third kappa shape index (κ3) is 6.45. The number of aromatic nitrogens is 1. The topological polar surface area (TPSA) is 76.4 Å². The van der Waals surface area contributed by atoms with Crippen LogP contribution >= 0.6 is 23.8 Å². The van der Waals surface area contributed by atoms with Gasteiger partial charge in [-0.1, -0.05) is 67.9 Å². The molecular formula is C31H26ClN3O3S. The number of ether oxygens (including phenoxy) is 1. The number of anilines is 1. The number of oxazole rings is 1. The molecule has 5 rings (SSSR count). The zero-order valence-corrected chi connectivity index (χ0v) is 23.0. The molecule has 1 amide bonds. The maximum Gasteiger partial charge on any atom is 0.257 e. The van der Waals surface area contributed by atoms with Crippen LogP contribution in [0.4, 0.5) is 5.69 Å². The number of hydrogen-bond acceptors (Lipinski definition) is 5. The van der Waals surface area contributed by atoms with Crippen LogP contribution in [0.3, 0.4) is 0 Å². The van der Waals surface area contributed by atoms with Crippen molar-refractivity contribution in [2.45, 2.75) is 26.4 Å². The van der Waals surface area contributed by atoms with E-state index < -0.39 is 0 Å². The highest BCUT2D eigenvalue weighted by Gasteiger charge is 2.15. The van der Waals surface area contributed by atoms with Gasteiger partial charge >= 0.3 is 0 Å². The first-order valence-corrected chi connectivity index (χ1v) is 13.2. The highest BCUT2D eigenvalue weighted by atomic mass is 35.5. The molecule has 0 saturated heterocycles. The number of halogens is 1. The third-order valence-corrected chi connectivity index (χ3v) is 6.64. The fourth-order valence-electron chi connectivity index (χ4n) is 3.99. The zero-order chi connectivity index (χ0) is 27.4. The smallest absolute Gasteiger partial charge is 0.257 e. The Labute approximate surface area is 237 Å². The van der Waals surface area contributed by atoms with Gasteiger partial charge in [0.25, 0.3) is 5.91 Å². The van der Waals surface area contributed by atoms with E-state index in [4.69, 9.17) is 33.0 Å². The van der Waals surface area contributed by atoms with E-state index in [1.807, 2.05) is 48.5 Å². The van der Waals surface area contributed by atoms with E-state index in [0.29, 0.717) is 51.6 Å². The van der Waals surface area contributed by atoms with Gasteiger partial charge in [0.15, 0.2) is 10.7 Å². The molecule has 4 aromatic carbocycles. The van der Waals surface area contributed by atoms with Crippen molar-refractivity contribution in [2.24, 2.45) is 0 Å². The number of nitrogens with zero attached hydrogens (tertiary/aromatic N) is 1. The van der Waals surface area contributed by atoms with Gasteiger partial charge in [-0.25, -0.2) is 4.98 Å². The number of hydrogen-bond donors (Lipinski definition) is 2. The second kappa shape index (κ2) is 11.7. The summed E-state index contributed by atoms with van der Waals surface area (Å²) in [4.78, 5) is 17.5. The van der Waals surface area contributed by atoms with E-state index in [-0.39, 0.29) is 11.0 Å². The molecule has 0 fully saturated rings. The predicted molar refractivity (Wildman–Crippen MR) is 159 cm³/mol. The summed E-state index contributed by atoms with van der Waals surface area (Å²) in [5, 5.41) is 6.38. The quantitative estimate of drug-likeness (QED) is 0.198. The van der Waals surface area contributed by atoms with E-state index in [9.17, 15) is 4.79 Å². The average Bonchev–Trinajstić information content (AvgIpc) is 3.37. The molecule has 0 radical (unpaired) electrons. The Balaban J connectivity index is 1.25. The summed E-state index contributed by atoms with van der Waals surface area (Å²) in [6, 6.07) is 28.0. The van der Waals surface area contributed by atoms with Gasteiger partial charge in [0.2, 0.25) is 5.89 Å². The molecule has 1 aromatic heterocycles. The Hall–Kier alpha value is -4.20. The van der Waals surface area contributed by atoms with Gasteiger partial charge in [0.05, 0.1) is 10.6 Å². The highest BCUT2D eigenvalue weighted by molar-refractivity contribution is 7.80. The first-order valence-electron chi connectivity index (χ1n) is 12.5. The molecule has 1 heterocycles. The summed E-state index contributed by atoms with van der Waals surface area (Å²) in [5.74, 6) is 1.02. The maximum absolute atomic E-state index is 12.8. The summed E-state index contributed by atoms with van der Waals surface area (Å²) < 4.78 is 11.8. The van der Waals surface area contributed by atoms with E-state index in [2.05, 4.69) is 29.5 Å². The van der Waals surface area contributed by atoms with Gasteiger partial charge in [-0.05, 0) is 77.8 Å². The molecular weight excluding hydrogens is 530 g/mol. The second-order valence-electron chi connectivity index (χ2n) is 9.31. The van der Waals surface area contributed by atoms with Gasteiger partial charge < -0.3 is 14.5 Å². The number of benzene rings is 4. The minimum Gasteiger partial charge on any atom is -0.489 e. The lowest BCUT2D eigenvalue weighted by Crippen LogP contribution is -2.34. The lowest BCUT2D eigenvalue weighted by Gasteiger charge is -2.12. The van der Waals surface area contributed by atoms with Crippen molar-refractivity contribution in [3.63, 3.8) is 0 Å². The predicted octanol–water partition coefficient (Wildman–Crippen LogP) is 7.98. The number of thiocarbonyl (C=S) groups is 1. The number of carbonyl (C=O) groups excluding carboxylic acids is 1. The molecule has 0 spiro atoms. The normalized spacial score (nSPS) is 11.0. The first-order chi connectivity index (χ1) is 18.9. The van der Waals surface area contributed by atoms with Crippen LogP contribution in [0.5, 0.6) is 5.75 Å². The van der Waals surface area contributed by atoms with Gasteiger partial charge in [0, 0.05) is 11.3 Å². The molecule has 196 valence electrons. The molecule has 0 atom stereocenters. The Morgan fingerprint density at radius 1 is 1.00 bits per heavy atom. The molecule has 0 aliphatic rings. The van der Waals surface area contributed by atoms with Crippen molar-refractivity contribution in [1.82, 2.24) is 10.3 Å². The Morgan fingerprint density at radius 2 is 1.82 bits per heavy atom. The molecule has 5 aromatic rings. The number of fused-ring (bicyclic) bond motifs is 1. The van der Waals surface area contributed by atoms with E-state index in [1.165, 1.54) is 5.56 Å². The fourth-order valence-corrected chi connectivity index (χ4v) is 4.40. The van der Waals surface area contributed by atoms with Crippen LogP contribution in [0.15, 0.2) is 95.4 Å². The average molecular weight is 556 g/mol. The van der Waals surface area contributed by atoms with Crippen LogP contribution in [-0.4, -0.2) is 16.0 Å². The van der Waals surface area contributed by atoms with Crippen molar-refractivity contribution in [2.75, 3.05) is 5.32 Å². The van der Waals surface area contributed by atoms with Crippen molar-refractivity contribution < 1.29 is 13.9 Å². The van der Waals surface area contributed by atoms with Crippen LogP contribution in [0, 0.1) is 0 Å². The van der Waals surface area contributed by atoms with E-state index in [0.717, 1.165) is 11.1 Å². The minimum atomic E-state index is -0.355. The van der Waals surface area contributed by atoms with Gasteiger partial charge in [0.1, 0.15) is 17.9 Å². The second-order valence-corrected chi connectivity index (χ2v) is 10.1. The van der Waals surface area contributed by atoms with Crippen molar-refractivity contribution in [3.8, 4) is 17.2 Å². The molecule has 0 unspecified atom stereocenters. The van der Waals surface area contributed by atoms with Crippen LogP contribution in [-0.2, 0) is 6.61 Å². The van der Waals surface area contributed by atoms with Crippen molar-refractivity contribution >= 4 is 51.6 Å². The number of nitrogens with one attached hydrogen (secondary N) is 2. The molecule has 0 aliphatic heterocycles. The monoisotopic (exact) mass is 555 g/mol. The number of rotatable bonds is 7. The lowest BCUT2D eigenvalue weighted by molar-refractivity contribution is 0.0977. The number of carbonyl (C=O) groups is 1. The molecule has 2 N–H and O–H groups in total. The molecule has 0 bridgehead atoms. The molecule has 39 heavy (non-hydrogen) atoms. The number of amides is 1. The third-order valence-electron chi connectivity index (χ3n) is 6.10. The maximum atomic E-state index is 12.8. The van der Waals surface area contributed by atoms with E-state index >= 15 is 0 Å². The summed E-state index contributed by atoms with van der Waals surface area (Å²) in [7, 11) is 0. The highest BCUT2D eigenvalue weighted by Crippen LogP contribution is 2.33. The van der Waals surface area contributed by atoms with Crippen LogP contribution in [0.2, 0.25) is 5.02 Å². The van der Waals surface area contributed by atoms with Crippen molar-refractivity contribution in [3.05, 3.63) is 113 Å². The molecule has 6 nitrogen and oxygen atoms in total. The lowest BCUT2D eigenvalue weighted by atomic mass is 10.0. The summed E-state index contributed by atoms with van der Waals surface area (Å²) in [5.41, 5.74) is 5.33. The van der Waals surface area contributed by atoms with E-state index in [1.54, 1.807) is 42.5 Å². The van der Waals surface area contributed by atoms with Crippen LogP contribution in [0.25, 0.3) is 22.6 Å². The summed E-state index contributed by atoms with van der Waals surface area (Å²) in [6.45, 7) is 4.67.